The minimum atomic E-state index is -0.521. The number of amides is 1. The number of rotatable bonds is 7. The molecule has 0 saturated carbocycles. The summed E-state index contributed by atoms with van der Waals surface area (Å²) in [4.78, 5) is 24.5. The molecule has 0 radical (unpaired) electrons. The van der Waals surface area contributed by atoms with Crippen LogP contribution in [-0.4, -0.2) is 34.4 Å². The van der Waals surface area contributed by atoms with Crippen LogP contribution in [0.4, 0.5) is 5.00 Å². The topological polar surface area (TPSA) is 131 Å². The second-order valence-corrected chi connectivity index (χ2v) is 7.23. The lowest BCUT2D eigenvalue weighted by Gasteiger charge is -2.01. The van der Waals surface area contributed by atoms with Crippen molar-refractivity contribution in [2.45, 2.75) is 19.1 Å². The van der Waals surface area contributed by atoms with Crippen molar-refractivity contribution in [2.24, 2.45) is 0 Å². The van der Waals surface area contributed by atoms with Crippen molar-refractivity contribution in [1.82, 2.24) is 10.2 Å². The van der Waals surface area contributed by atoms with Gasteiger partial charge in [-0.2, -0.15) is 5.26 Å². The molecule has 3 rings (SSSR count). The van der Waals surface area contributed by atoms with E-state index < -0.39 is 5.97 Å². The number of ether oxygens (including phenoxy) is 1. The Labute approximate surface area is 167 Å². The first-order valence-corrected chi connectivity index (χ1v) is 9.84. The average molecular weight is 418 g/mol. The van der Waals surface area contributed by atoms with Crippen LogP contribution in [0.3, 0.4) is 0 Å². The molecule has 11 heteroatoms. The van der Waals surface area contributed by atoms with Gasteiger partial charge in [0.15, 0.2) is 5.76 Å². The first-order chi connectivity index (χ1) is 13.5. The lowest BCUT2D eigenvalue weighted by Crippen LogP contribution is -2.13. The zero-order valence-corrected chi connectivity index (χ0v) is 16.5. The molecule has 9 nitrogen and oxygen atoms in total. The quantitative estimate of drug-likeness (QED) is 0.452. The number of esters is 1. The lowest BCUT2D eigenvalue weighted by molar-refractivity contribution is -0.113. The third kappa shape index (κ3) is 4.24. The maximum absolute atomic E-state index is 12.2. The van der Waals surface area contributed by atoms with Crippen molar-refractivity contribution in [2.75, 3.05) is 17.7 Å². The van der Waals surface area contributed by atoms with Gasteiger partial charge in [-0.1, -0.05) is 11.8 Å². The Morgan fingerprint density at radius 2 is 2.25 bits per heavy atom. The molecule has 3 heterocycles. The number of hydrogen-bond acceptors (Lipinski definition) is 10. The molecule has 0 aliphatic carbocycles. The van der Waals surface area contributed by atoms with E-state index in [0.29, 0.717) is 21.2 Å². The summed E-state index contributed by atoms with van der Waals surface area (Å²) in [5, 5.41) is 20.2. The van der Waals surface area contributed by atoms with Crippen LogP contribution in [0.1, 0.15) is 27.7 Å². The van der Waals surface area contributed by atoms with E-state index in [1.165, 1.54) is 6.26 Å². The van der Waals surface area contributed by atoms with Gasteiger partial charge >= 0.3 is 5.97 Å². The normalized spacial score (nSPS) is 10.5. The monoisotopic (exact) mass is 418 g/mol. The highest BCUT2D eigenvalue weighted by molar-refractivity contribution is 7.99. The fourth-order valence-corrected chi connectivity index (χ4v) is 3.82. The molecular weight excluding hydrogens is 404 g/mol. The zero-order chi connectivity index (χ0) is 20.1. The molecule has 0 atom stereocenters. The zero-order valence-electron chi connectivity index (χ0n) is 14.8. The summed E-state index contributed by atoms with van der Waals surface area (Å²) in [6.07, 6.45) is 1.49. The molecule has 0 aliphatic rings. The molecule has 0 aromatic carbocycles. The fraction of sp³-hybridized carbons (Fsp3) is 0.235. The molecule has 0 saturated heterocycles. The van der Waals surface area contributed by atoms with Gasteiger partial charge in [0.25, 0.3) is 11.1 Å². The summed E-state index contributed by atoms with van der Waals surface area (Å²) in [7, 11) is 0. The Morgan fingerprint density at radius 3 is 2.93 bits per heavy atom. The van der Waals surface area contributed by atoms with Crippen LogP contribution >= 0.6 is 23.1 Å². The highest BCUT2D eigenvalue weighted by atomic mass is 32.2. The summed E-state index contributed by atoms with van der Waals surface area (Å²) in [5.74, 6) is -0.268. The average Bonchev–Trinajstić information content (AvgIpc) is 3.40. The van der Waals surface area contributed by atoms with E-state index in [-0.39, 0.29) is 34.9 Å². The summed E-state index contributed by atoms with van der Waals surface area (Å²) in [6, 6.07) is 5.38. The third-order valence-corrected chi connectivity index (χ3v) is 5.44. The number of nitrogens with one attached hydrogen (secondary N) is 1. The summed E-state index contributed by atoms with van der Waals surface area (Å²) in [5.41, 5.74) is 0.721. The van der Waals surface area contributed by atoms with Crippen molar-refractivity contribution in [3.63, 3.8) is 0 Å². The number of carbonyl (C=O) groups excluding carboxylic acids is 2. The van der Waals surface area contributed by atoms with E-state index in [1.54, 1.807) is 26.0 Å². The number of anilines is 1. The molecule has 0 unspecified atom stereocenters. The molecule has 0 fully saturated rings. The van der Waals surface area contributed by atoms with Crippen molar-refractivity contribution >= 4 is 40.0 Å². The highest BCUT2D eigenvalue weighted by Crippen LogP contribution is 2.33. The van der Waals surface area contributed by atoms with Crippen LogP contribution in [-0.2, 0) is 9.53 Å². The van der Waals surface area contributed by atoms with E-state index in [0.717, 1.165) is 23.1 Å². The molecular formula is C17H14N4O5S2. The van der Waals surface area contributed by atoms with Crippen LogP contribution < -0.4 is 5.32 Å². The summed E-state index contributed by atoms with van der Waals surface area (Å²) >= 11 is 2.05. The first-order valence-electron chi connectivity index (χ1n) is 8.04. The minimum Gasteiger partial charge on any atom is -0.462 e. The van der Waals surface area contributed by atoms with Gasteiger partial charge in [-0.05, 0) is 31.5 Å². The number of thioether (sulfide) groups is 1. The van der Waals surface area contributed by atoms with Crippen molar-refractivity contribution in [1.29, 1.82) is 5.26 Å². The smallest absolute Gasteiger partial charge is 0.348 e. The summed E-state index contributed by atoms with van der Waals surface area (Å²) < 4.78 is 15.5. The maximum atomic E-state index is 12.2. The van der Waals surface area contributed by atoms with Crippen LogP contribution in [0.2, 0.25) is 0 Å². The molecule has 1 amide bonds. The molecule has 1 N–H and O–H groups in total. The van der Waals surface area contributed by atoms with Crippen LogP contribution in [0.25, 0.3) is 11.7 Å². The number of nitrogens with zero attached hydrogens (tertiary/aromatic N) is 3. The maximum Gasteiger partial charge on any atom is 0.348 e. The Balaban J connectivity index is 1.64. The molecule has 0 spiro atoms. The first kappa shape index (κ1) is 19.7. The second-order valence-electron chi connectivity index (χ2n) is 5.28. The predicted molar refractivity (Wildman–Crippen MR) is 101 cm³/mol. The molecule has 0 bridgehead atoms. The number of carbonyl (C=O) groups is 2. The lowest BCUT2D eigenvalue weighted by atomic mass is 10.2. The Hall–Kier alpha value is -3.10. The number of thiophene rings is 1. The van der Waals surface area contributed by atoms with Crippen LogP contribution in [0, 0.1) is 18.3 Å². The summed E-state index contributed by atoms with van der Waals surface area (Å²) in [6.45, 7) is 3.56. The Bertz CT molecular complexity index is 1030. The van der Waals surface area contributed by atoms with Crippen molar-refractivity contribution in [3.8, 4) is 17.7 Å². The van der Waals surface area contributed by atoms with E-state index in [9.17, 15) is 14.9 Å². The number of nitriles is 1. The second kappa shape index (κ2) is 8.73. The van der Waals surface area contributed by atoms with E-state index in [2.05, 4.69) is 15.5 Å². The number of aromatic nitrogens is 2. The largest absolute Gasteiger partial charge is 0.462 e. The van der Waals surface area contributed by atoms with Gasteiger partial charge in [-0.3, -0.25) is 4.79 Å². The van der Waals surface area contributed by atoms with Crippen molar-refractivity contribution < 1.29 is 23.2 Å². The SMILES string of the molecule is CCOC(=O)c1sc(NC(=O)CSc2nnc(-c3ccco3)o2)c(C#N)c1C. The van der Waals surface area contributed by atoms with Gasteiger partial charge in [-0.15, -0.1) is 21.5 Å². The van der Waals surface area contributed by atoms with E-state index in [4.69, 9.17) is 13.6 Å². The van der Waals surface area contributed by atoms with Gasteiger partial charge < -0.3 is 18.9 Å². The van der Waals surface area contributed by atoms with E-state index in [1.807, 2.05) is 6.07 Å². The van der Waals surface area contributed by atoms with E-state index >= 15 is 0 Å². The number of hydrogen-bond donors (Lipinski definition) is 1. The van der Waals surface area contributed by atoms with Crippen molar-refractivity contribution in [3.05, 3.63) is 34.4 Å². The molecule has 144 valence electrons. The molecule has 3 aromatic rings. The third-order valence-electron chi connectivity index (χ3n) is 3.44. The number of furan rings is 1. The molecule has 28 heavy (non-hydrogen) atoms. The van der Waals surface area contributed by atoms with Gasteiger partial charge in [0.1, 0.15) is 15.9 Å². The van der Waals surface area contributed by atoms with Gasteiger partial charge in [0.2, 0.25) is 5.91 Å². The van der Waals surface area contributed by atoms with Crippen LogP contribution in [0.5, 0.6) is 0 Å². The Kier molecular flexibility index (Phi) is 6.13. The molecule has 0 aliphatic heterocycles. The van der Waals surface area contributed by atoms with Gasteiger partial charge in [0, 0.05) is 0 Å². The standard InChI is InChI=1S/C17H14N4O5S2/c1-3-24-16(23)13-9(2)10(7-18)15(28-13)19-12(22)8-27-17-21-20-14(26-17)11-5-4-6-25-11/h4-6H,3,8H2,1-2H3,(H,19,22). The molecule has 3 aromatic heterocycles. The highest BCUT2D eigenvalue weighted by Gasteiger charge is 2.22. The predicted octanol–water partition coefficient (Wildman–Crippen LogP) is 3.48. The van der Waals surface area contributed by atoms with Gasteiger partial charge in [0.05, 0.1) is 24.2 Å². The fourth-order valence-electron chi connectivity index (χ4n) is 2.19. The van der Waals surface area contributed by atoms with Gasteiger partial charge in [-0.25, -0.2) is 4.79 Å². The van der Waals surface area contributed by atoms with Crippen LogP contribution in [0.15, 0.2) is 32.5 Å². The minimum absolute atomic E-state index is 0.0175. The Morgan fingerprint density at radius 1 is 1.43 bits per heavy atom.